The minimum absolute atomic E-state index is 0.174. The Hall–Kier alpha value is -1.86. The summed E-state index contributed by atoms with van der Waals surface area (Å²) in [5.41, 5.74) is 1.56. The van der Waals surface area contributed by atoms with Crippen LogP contribution in [-0.4, -0.2) is 36.6 Å². The van der Waals surface area contributed by atoms with Crippen LogP contribution in [0.25, 0.3) is 0 Å². The molecule has 0 aromatic heterocycles. The van der Waals surface area contributed by atoms with E-state index in [2.05, 4.69) is 11.0 Å². The zero-order chi connectivity index (χ0) is 15.1. The predicted octanol–water partition coefficient (Wildman–Crippen LogP) is 2.52. The molecule has 1 unspecified atom stereocenters. The second-order valence-corrected chi connectivity index (χ2v) is 5.34. The van der Waals surface area contributed by atoms with E-state index in [0.29, 0.717) is 18.6 Å². The van der Waals surface area contributed by atoms with Crippen molar-refractivity contribution in [2.24, 2.45) is 0 Å². The highest BCUT2D eigenvalue weighted by atomic mass is 16.5. The zero-order valence-electron chi connectivity index (χ0n) is 12.5. The van der Waals surface area contributed by atoms with Crippen LogP contribution in [-0.2, 0) is 16.0 Å². The fraction of sp³-hybridized carbons (Fsp3) is 0.529. The highest BCUT2D eigenvalue weighted by Gasteiger charge is 2.29. The monoisotopic (exact) mass is 286 g/mol. The first-order valence-corrected chi connectivity index (χ1v) is 7.65. The molecule has 0 aliphatic carbocycles. The van der Waals surface area contributed by atoms with Crippen LogP contribution in [0, 0.1) is 11.3 Å². The van der Waals surface area contributed by atoms with E-state index in [1.165, 1.54) is 6.42 Å². The number of esters is 1. The minimum atomic E-state index is -0.278. The number of benzene rings is 1. The third-order valence-electron chi connectivity index (χ3n) is 3.94. The van der Waals surface area contributed by atoms with Crippen LogP contribution in [0.2, 0.25) is 0 Å². The van der Waals surface area contributed by atoms with Crippen molar-refractivity contribution in [3.05, 3.63) is 35.4 Å². The van der Waals surface area contributed by atoms with Gasteiger partial charge in [0.2, 0.25) is 0 Å². The molecule has 1 heterocycles. The van der Waals surface area contributed by atoms with E-state index in [4.69, 9.17) is 4.74 Å². The number of piperidine rings is 1. The Kier molecular flexibility index (Phi) is 5.77. The third kappa shape index (κ3) is 4.05. The lowest BCUT2D eigenvalue weighted by Crippen LogP contribution is -2.46. The van der Waals surface area contributed by atoms with E-state index in [-0.39, 0.29) is 12.0 Å². The second kappa shape index (κ2) is 7.80. The summed E-state index contributed by atoms with van der Waals surface area (Å²) in [5.74, 6) is -0.174. The first-order valence-electron chi connectivity index (χ1n) is 7.65. The van der Waals surface area contributed by atoms with Crippen molar-refractivity contribution in [3.8, 4) is 6.07 Å². The van der Waals surface area contributed by atoms with Gasteiger partial charge < -0.3 is 4.74 Å². The van der Waals surface area contributed by atoms with Gasteiger partial charge in [0, 0.05) is 0 Å². The Bertz CT molecular complexity index is 516. The van der Waals surface area contributed by atoms with Crippen molar-refractivity contribution >= 4 is 5.97 Å². The molecule has 1 aliphatic heterocycles. The Labute approximate surface area is 126 Å². The number of nitrogens with zero attached hydrogens (tertiary/aromatic N) is 2. The summed E-state index contributed by atoms with van der Waals surface area (Å²) in [6.45, 7) is 4.08. The number of nitriles is 1. The predicted molar refractivity (Wildman–Crippen MR) is 80.7 cm³/mol. The lowest BCUT2D eigenvalue weighted by molar-refractivity contribution is -0.150. The molecule has 1 aromatic rings. The number of hydrogen-bond donors (Lipinski definition) is 0. The van der Waals surface area contributed by atoms with Gasteiger partial charge >= 0.3 is 5.97 Å². The van der Waals surface area contributed by atoms with Crippen molar-refractivity contribution in [1.82, 2.24) is 4.90 Å². The number of likely N-dealkylation sites (tertiary alicyclic amines) is 1. The first-order chi connectivity index (χ1) is 10.3. The second-order valence-electron chi connectivity index (χ2n) is 5.34. The van der Waals surface area contributed by atoms with E-state index in [9.17, 15) is 10.1 Å². The molecule has 1 fully saturated rings. The maximum atomic E-state index is 12.3. The Balaban J connectivity index is 2.18. The topological polar surface area (TPSA) is 53.3 Å². The summed E-state index contributed by atoms with van der Waals surface area (Å²) >= 11 is 0. The largest absolute Gasteiger partial charge is 0.465 e. The molecule has 0 saturated carbocycles. The molecule has 21 heavy (non-hydrogen) atoms. The maximum Gasteiger partial charge on any atom is 0.323 e. The molecule has 1 aliphatic rings. The summed E-state index contributed by atoms with van der Waals surface area (Å²) in [6.07, 6.45) is 4.01. The number of carbonyl (C=O) groups excluding carboxylic acids is 1. The molecule has 2 rings (SSSR count). The standard InChI is InChI=1S/C17H22N2O2/c1-2-21-17(20)16(19-10-6-3-7-11-19)12-14-8-4-5-9-15(14)13-18/h4-5,8-9,16H,2-3,6-7,10-12H2,1H3. The van der Waals surface area contributed by atoms with Crippen LogP contribution in [0.4, 0.5) is 0 Å². The average molecular weight is 286 g/mol. The van der Waals surface area contributed by atoms with Crippen molar-refractivity contribution < 1.29 is 9.53 Å². The molecule has 0 spiro atoms. The van der Waals surface area contributed by atoms with Gasteiger partial charge in [-0.3, -0.25) is 9.69 Å². The van der Waals surface area contributed by atoms with Gasteiger partial charge in [-0.15, -0.1) is 0 Å². The number of ether oxygens (including phenoxy) is 1. The fourth-order valence-electron chi connectivity index (χ4n) is 2.85. The summed E-state index contributed by atoms with van der Waals surface area (Å²) in [4.78, 5) is 14.5. The number of hydrogen-bond acceptors (Lipinski definition) is 4. The molecule has 4 nitrogen and oxygen atoms in total. The third-order valence-corrected chi connectivity index (χ3v) is 3.94. The number of carbonyl (C=O) groups is 1. The smallest absolute Gasteiger partial charge is 0.323 e. The summed E-state index contributed by atoms with van der Waals surface area (Å²) in [5, 5.41) is 9.20. The van der Waals surface area contributed by atoms with Gasteiger partial charge in [-0.2, -0.15) is 5.26 Å². The molecular weight excluding hydrogens is 264 g/mol. The van der Waals surface area contributed by atoms with Crippen molar-refractivity contribution in [2.45, 2.75) is 38.6 Å². The Morgan fingerprint density at radius 3 is 2.71 bits per heavy atom. The van der Waals surface area contributed by atoms with Crippen LogP contribution >= 0.6 is 0 Å². The molecule has 0 radical (unpaired) electrons. The van der Waals surface area contributed by atoms with Crippen LogP contribution in [0.3, 0.4) is 0 Å². The summed E-state index contributed by atoms with van der Waals surface area (Å²) in [6, 6.07) is 9.41. The molecule has 1 atom stereocenters. The molecule has 1 aromatic carbocycles. The van der Waals surface area contributed by atoms with Gasteiger partial charge in [-0.25, -0.2) is 0 Å². The normalized spacial score (nSPS) is 17.0. The lowest BCUT2D eigenvalue weighted by atomic mass is 9.98. The van der Waals surface area contributed by atoms with Crippen LogP contribution in [0.1, 0.15) is 37.3 Å². The van der Waals surface area contributed by atoms with E-state index in [1.54, 1.807) is 6.07 Å². The van der Waals surface area contributed by atoms with Crippen LogP contribution < -0.4 is 0 Å². The molecule has 0 N–H and O–H groups in total. The summed E-state index contributed by atoms with van der Waals surface area (Å²) in [7, 11) is 0. The zero-order valence-corrected chi connectivity index (χ0v) is 12.5. The van der Waals surface area contributed by atoms with Gasteiger partial charge in [-0.1, -0.05) is 24.6 Å². The van der Waals surface area contributed by atoms with Gasteiger partial charge in [0.05, 0.1) is 18.2 Å². The molecule has 4 heteroatoms. The minimum Gasteiger partial charge on any atom is -0.465 e. The van der Waals surface area contributed by atoms with E-state index < -0.39 is 0 Å². The van der Waals surface area contributed by atoms with E-state index in [0.717, 1.165) is 31.5 Å². The van der Waals surface area contributed by atoms with Crippen LogP contribution in [0.5, 0.6) is 0 Å². The highest BCUT2D eigenvalue weighted by molar-refractivity contribution is 5.76. The molecule has 0 bridgehead atoms. The van der Waals surface area contributed by atoms with Gasteiger partial charge in [0.25, 0.3) is 0 Å². The number of rotatable bonds is 5. The molecule has 0 amide bonds. The highest BCUT2D eigenvalue weighted by Crippen LogP contribution is 2.19. The molecule has 112 valence electrons. The molecular formula is C17H22N2O2. The van der Waals surface area contributed by atoms with E-state index >= 15 is 0 Å². The van der Waals surface area contributed by atoms with Gasteiger partial charge in [-0.05, 0) is 50.9 Å². The Morgan fingerprint density at radius 2 is 2.05 bits per heavy atom. The lowest BCUT2D eigenvalue weighted by Gasteiger charge is -2.33. The van der Waals surface area contributed by atoms with Crippen molar-refractivity contribution in [3.63, 3.8) is 0 Å². The maximum absolute atomic E-state index is 12.3. The van der Waals surface area contributed by atoms with Crippen LogP contribution in [0.15, 0.2) is 24.3 Å². The fourth-order valence-corrected chi connectivity index (χ4v) is 2.85. The summed E-state index contributed by atoms with van der Waals surface area (Å²) < 4.78 is 5.24. The average Bonchev–Trinajstić information content (AvgIpc) is 2.54. The van der Waals surface area contributed by atoms with Crippen molar-refractivity contribution in [1.29, 1.82) is 5.26 Å². The van der Waals surface area contributed by atoms with Gasteiger partial charge in [0.15, 0.2) is 0 Å². The first kappa shape index (κ1) is 15.5. The quantitative estimate of drug-likeness (QED) is 0.780. The molecule has 1 saturated heterocycles. The van der Waals surface area contributed by atoms with Crippen molar-refractivity contribution in [2.75, 3.05) is 19.7 Å². The van der Waals surface area contributed by atoms with Gasteiger partial charge in [0.1, 0.15) is 6.04 Å². The SMILES string of the molecule is CCOC(=O)C(Cc1ccccc1C#N)N1CCCCC1. The Morgan fingerprint density at radius 1 is 1.33 bits per heavy atom. The van der Waals surface area contributed by atoms with E-state index in [1.807, 2.05) is 25.1 Å².